The van der Waals surface area contributed by atoms with Crippen molar-refractivity contribution in [2.24, 2.45) is 0 Å². The molecule has 0 saturated heterocycles. The Morgan fingerprint density at radius 1 is 1.10 bits per heavy atom. The van der Waals surface area contributed by atoms with E-state index in [9.17, 15) is 14.9 Å². The van der Waals surface area contributed by atoms with E-state index in [0.717, 1.165) is 5.56 Å². The lowest BCUT2D eigenvalue weighted by atomic mass is 10.1. The van der Waals surface area contributed by atoms with E-state index in [0.29, 0.717) is 35.0 Å². The van der Waals surface area contributed by atoms with E-state index in [1.165, 1.54) is 13.2 Å². The summed E-state index contributed by atoms with van der Waals surface area (Å²) < 4.78 is 16.1. The molecule has 0 unspecified atom stereocenters. The Kier molecular flexibility index (Phi) is 7.38. The molecule has 0 aliphatic rings. The van der Waals surface area contributed by atoms with E-state index in [1.807, 2.05) is 6.07 Å². The van der Waals surface area contributed by atoms with Crippen molar-refractivity contribution in [3.63, 3.8) is 0 Å². The highest BCUT2D eigenvalue weighted by atomic mass is 16.6. The highest BCUT2D eigenvalue weighted by Gasteiger charge is 2.19. The predicted octanol–water partition coefficient (Wildman–Crippen LogP) is 3.00. The summed E-state index contributed by atoms with van der Waals surface area (Å²) >= 11 is 0. The van der Waals surface area contributed by atoms with Gasteiger partial charge in [0.1, 0.15) is 0 Å². The van der Waals surface area contributed by atoms with Crippen molar-refractivity contribution in [3.8, 4) is 17.2 Å². The monoisotopic (exact) mass is 403 g/mol. The molecule has 1 N–H and O–H groups in total. The molecule has 0 saturated carbocycles. The number of hydrogen-bond acceptors (Lipinski definition) is 7. The van der Waals surface area contributed by atoms with Crippen LogP contribution in [-0.4, -0.2) is 50.7 Å². The Labute approximate surface area is 169 Å². The zero-order chi connectivity index (χ0) is 21.6. The molecule has 2 rings (SSSR count). The van der Waals surface area contributed by atoms with Gasteiger partial charge in [0.25, 0.3) is 5.69 Å². The summed E-state index contributed by atoms with van der Waals surface area (Å²) in [7, 11) is 6.40. The summed E-state index contributed by atoms with van der Waals surface area (Å²) in [5.41, 5.74) is 1.62. The van der Waals surface area contributed by atoms with E-state index >= 15 is 0 Å². The van der Waals surface area contributed by atoms with Crippen LogP contribution in [0.25, 0.3) is 0 Å². The number of carbonyl (C=O) groups is 1. The van der Waals surface area contributed by atoms with Gasteiger partial charge in [0.2, 0.25) is 11.7 Å². The van der Waals surface area contributed by atoms with E-state index in [-0.39, 0.29) is 18.1 Å². The predicted molar refractivity (Wildman–Crippen MR) is 109 cm³/mol. The Balaban J connectivity index is 2.10. The second-order valence-corrected chi connectivity index (χ2v) is 6.42. The SMILES string of the molecule is COc1ccc(CN(C)CC(=O)Nc2cccc([N+](=O)[O-])c2C)c(OC)c1OC. The van der Waals surface area contributed by atoms with Crippen molar-refractivity contribution in [1.82, 2.24) is 4.90 Å². The molecule has 0 atom stereocenters. The molecular formula is C20H25N3O6. The Morgan fingerprint density at radius 2 is 1.79 bits per heavy atom. The standard InChI is InChI=1S/C20H25N3O6/c1-13-15(7-6-8-16(13)23(25)26)21-18(24)12-22(2)11-14-9-10-17(27-3)20(29-5)19(14)28-4/h6-10H,11-12H2,1-5H3,(H,21,24). The van der Waals surface area contributed by atoms with Crippen LogP contribution >= 0.6 is 0 Å². The van der Waals surface area contributed by atoms with Crippen molar-refractivity contribution in [3.05, 3.63) is 51.6 Å². The molecule has 0 spiro atoms. The van der Waals surface area contributed by atoms with E-state index in [4.69, 9.17) is 14.2 Å². The van der Waals surface area contributed by atoms with Gasteiger partial charge in [-0.25, -0.2) is 0 Å². The quantitative estimate of drug-likeness (QED) is 0.507. The van der Waals surface area contributed by atoms with Crippen molar-refractivity contribution >= 4 is 17.3 Å². The summed E-state index contributed by atoms with van der Waals surface area (Å²) in [5.74, 6) is 1.29. The van der Waals surface area contributed by atoms with Gasteiger partial charge in [-0.1, -0.05) is 12.1 Å². The highest BCUT2D eigenvalue weighted by molar-refractivity contribution is 5.93. The Bertz CT molecular complexity index is 900. The maximum atomic E-state index is 12.4. The fourth-order valence-corrected chi connectivity index (χ4v) is 3.03. The number of anilines is 1. The van der Waals surface area contributed by atoms with Crippen molar-refractivity contribution < 1.29 is 23.9 Å². The van der Waals surface area contributed by atoms with E-state index < -0.39 is 4.92 Å². The van der Waals surface area contributed by atoms with Crippen molar-refractivity contribution in [2.45, 2.75) is 13.5 Å². The molecule has 0 fully saturated rings. The fourth-order valence-electron chi connectivity index (χ4n) is 3.03. The lowest BCUT2D eigenvalue weighted by molar-refractivity contribution is -0.385. The molecule has 9 nitrogen and oxygen atoms in total. The maximum Gasteiger partial charge on any atom is 0.274 e. The van der Waals surface area contributed by atoms with Gasteiger partial charge >= 0.3 is 0 Å². The minimum absolute atomic E-state index is 0.0359. The average molecular weight is 403 g/mol. The second kappa shape index (κ2) is 9.74. The lowest BCUT2D eigenvalue weighted by Gasteiger charge is -2.20. The molecular weight excluding hydrogens is 378 g/mol. The number of benzene rings is 2. The van der Waals surface area contributed by atoms with E-state index in [2.05, 4.69) is 5.32 Å². The number of amides is 1. The fraction of sp³-hybridized carbons (Fsp3) is 0.350. The summed E-state index contributed by atoms with van der Waals surface area (Å²) in [5, 5.41) is 13.8. The Hall–Kier alpha value is -3.33. The third kappa shape index (κ3) is 5.14. The van der Waals surface area contributed by atoms with Crippen LogP contribution in [-0.2, 0) is 11.3 Å². The number of hydrogen-bond donors (Lipinski definition) is 1. The van der Waals surface area contributed by atoms with Crippen LogP contribution in [0.2, 0.25) is 0 Å². The van der Waals surface area contributed by atoms with Crippen LogP contribution in [0, 0.1) is 17.0 Å². The molecule has 0 heterocycles. The van der Waals surface area contributed by atoms with Crippen LogP contribution in [0.4, 0.5) is 11.4 Å². The van der Waals surface area contributed by atoms with Gasteiger partial charge in [0.15, 0.2) is 11.5 Å². The number of rotatable bonds is 9. The van der Waals surface area contributed by atoms with Gasteiger partial charge in [-0.3, -0.25) is 19.8 Å². The number of nitrogens with one attached hydrogen (secondary N) is 1. The number of methoxy groups -OCH3 is 3. The molecule has 0 aromatic heterocycles. The smallest absolute Gasteiger partial charge is 0.274 e. The third-order valence-electron chi connectivity index (χ3n) is 4.42. The molecule has 2 aromatic rings. The summed E-state index contributed by atoms with van der Waals surface area (Å²) in [4.78, 5) is 24.8. The van der Waals surface area contributed by atoms with Gasteiger partial charge in [0, 0.05) is 18.2 Å². The zero-order valence-electron chi connectivity index (χ0n) is 17.1. The van der Waals surface area contributed by atoms with Crippen LogP contribution in [0.3, 0.4) is 0 Å². The van der Waals surface area contributed by atoms with Crippen LogP contribution in [0.5, 0.6) is 17.2 Å². The summed E-state index contributed by atoms with van der Waals surface area (Å²) in [6.07, 6.45) is 0. The molecule has 0 radical (unpaired) electrons. The average Bonchev–Trinajstić information content (AvgIpc) is 2.68. The minimum Gasteiger partial charge on any atom is -0.493 e. The van der Waals surface area contributed by atoms with Gasteiger partial charge < -0.3 is 19.5 Å². The number of nitro benzene ring substituents is 1. The maximum absolute atomic E-state index is 12.4. The normalized spacial score (nSPS) is 10.6. The first-order valence-electron chi connectivity index (χ1n) is 8.82. The van der Waals surface area contributed by atoms with Gasteiger partial charge in [-0.15, -0.1) is 0 Å². The number of ether oxygens (including phenoxy) is 3. The number of carbonyl (C=O) groups excluding carboxylic acids is 1. The molecule has 29 heavy (non-hydrogen) atoms. The first-order valence-corrected chi connectivity index (χ1v) is 8.82. The molecule has 0 aliphatic carbocycles. The minimum atomic E-state index is -0.472. The van der Waals surface area contributed by atoms with Gasteiger partial charge in [0.05, 0.1) is 44.0 Å². The molecule has 0 aliphatic heterocycles. The molecule has 2 aromatic carbocycles. The molecule has 9 heteroatoms. The van der Waals surface area contributed by atoms with Gasteiger partial charge in [-0.05, 0) is 26.1 Å². The highest BCUT2D eigenvalue weighted by Crippen LogP contribution is 2.40. The van der Waals surface area contributed by atoms with Crippen LogP contribution in [0.1, 0.15) is 11.1 Å². The van der Waals surface area contributed by atoms with Crippen LogP contribution < -0.4 is 19.5 Å². The first kappa shape index (κ1) is 22.0. The largest absolute Gasteiger partial charge is 0.493 e. The topological polar surface area (TPSA) is 103 Å². The lowest BCUT2D eigenvalue weighted by Crippen LogP contribution is -2.30. The number of likely N-dealkylation sites (N-methyl/N-ethyl adjacent to an activating group) is 1. The second-order valence-electron chi connectivity index (χ2n) is 6.42. The third-order valence-corrected chi connectivity index (χ3v) is 4.42. The van der Waals surface area contributed by atoms with E-state index in [1.54, 1.807) is 51.3 Å². The molecule has 0 bridgehead atoms. The number of nitro groups is 1. The summed E-state index contributed by atoms with van der Waals surface area (Å²) in [6, 6.07) is 8.20. The molecule has 156 valence electrons. The van der Waals surface area contributed by atoms with Gasteiger partial charge in [-0.2, -0.15) is 0 Å². The zero-order valence-corrected chi connectivity index (χ0v) is 17.1. The first-order chi connectivity index (χ1) is 13.8. The molecule has 1 amide bonds. The number of nitrogens with zero attached hydrogens (tertiary/aromatic N) is 2. The van der Waals surface area contributed by atoms with Crippen molar-refractivity contribution in [2.75, 3.05) is 40.2 Å². The van der Waals surface area contributed by atoms with Crippen molar-refractivity contribution in [1.29, 1.82) is 0 Å². The van der Waals surface area contributed by atoms with Crippen LogP contribution in [0.15, 0.2) is 30.3 Å². The Morgan fingerprint density at radius 3 is 2.38 bits per heavy atom. The summed E-state index contributed by atoms with van der Waals surface area (Å²) in [6.45, 7) is 2.11.